The highest BCUT2D eigenvalue weighted by Gasteiger charge is 1.98. The highest BCUT2D eigenvalue weighted by molar-refractivity contribution is 9.10. The van der Waals surface area contributed by atoms with E-state index >= 15 is 0 Å². The Balaban J connectivity index is 2.84. The van der Waals surface area contributed by atoms with Crippen molar-refractivity contribution in [3.8, 4) is 6.07 Å². The smallest absolute Gasteiger partial charge is 0.103 e. The monoisotopic (exact) mass is 244 g/mol. The highest BCUT2D eigenvalue weighted by atomic mass is 79.9. The summed E-state index contributed by atoms with van der Waals surface area (Å²) < 4.78 is 0.905. The van der Waals surface area contributed by atoms with E-state index in [1.165, 1.54) is 0 Å². The van der Waals surface area contributed by atoms with Gasteiger partial charge in [0.25, 0.3) is 0 Å². The van der Waals surface area contributed by atoms with Gasteiger partial charge < -0.3 is 5.32 Å². The molecular weight excluding hydrogens is 239 g/mol. The lowest BCUT2D eigenvalue weighted by Gasteiger charge is -2.04. The lowest BCUT2D eigenvalue weighted by atomic mass is 10.3. The molecule has 62 valence electrons. The molecule has 0 saturated heterocycles. The number of anilines is 1. The summed E-state index contributed by atoms with van der Waals surface area (Å²) in [6, 6.07) is 7.37. The minimum absolute atomic E-state index is 0.277. The van der Waals surface area contributed by atoms with Crippen LogP contribution in [0, 0.1) is 11.3 Å². The highest BCUT2D eigenvalue weighted by Crippen LogP contribution is 2.25. The van der Waals surface area contributed by atoms with Crippen molar-refractivity contribution in [2.45, 2.75) is 0 Å². The van der Waals surface area contributed by atoms with Gasteiger partial charge in [-0.3, -0.25) is 0 Å². The molecule has 0 bridgehead atoms. The standard InChI is InChI=1S/C8H6BrClN2/c9-7-2-1-6(10)5-8(7)12-4-3-11/h1-2,5,12H,4H2. The Labute approximate surface area is 84.3 Å². The van der Waals surface area contributed by atoms with Gasteiger partial charge in [0.2, 0.25) is 0 Å². The average molecular weight is 246 g/mol. The number of benzene rings is 1. The lowest BCUT2D eigenvalue weighted by Crippen LogP contribution is -1.98. The van der Waals surface area contributed by atoms with Crippen molar-refractivity contribution in [3.63, 3.8) is 0 Å². The molecule has 1 aromatic rings. The van der Waals surface area contributed by atoms with E-state index in [-0.39, 0.29) is 6.54 Å². The van der Waals surface area contributed by atoms with E-state index in [1.54, 1.807) is 12.1 Å². The molecule has 0 aliphatic rings. The van der Waals surface area contributed by atoms with Crippen LogP contribution < -0.4 is 5.32 Å². The number of halogens is 2. The second-order valence-electron chi connectivity index (χ2n) is 2.14. The molecule has 0 spiro atoms. The molecule has 0 fully saturated rings. The Morgan fingerprint density at radius 3 is 3.00 bits per heavy atom. The SMILES string of the molecule is N#CCNc1cc(Cl)ccc1Br. The third-order valence-electron chi connectivity index (χ3n) is 1.29. The van der Waals surface area contributed by atoms with Gasteiger partial charge in [-0.05, 0) is 34.1 Å². The molecule has 4 heteroatoms. The van der Waals surface area contributed by atoms with Crippen molar-refractivity contribution in [1.82, 2.24) is 0 Å². The number of hydrogen-bond donors (Lipinski definition) is 1. The van der Waals surface area contributed by atoms with Crippen LogP contribution in [0.2, 0.25) is 5.02 Å². The normalized spacial score (nSPS) is 9.08. The Morgan fingerprint density at radius 1 is 1.58 bits per heavy atom. The molecule has 0 aromatic heterocycles. The van der Waals surface area contributed by atoms with Crippen molar-refractivity contribution in [2.75, 3.05) is 11.9 Å². The Kier molecular flexibility index (Phi) is 3.39. The number of nitrogens with zero attached hydrogens (tertiary/aromatic N) is 1. The summed E-state index contributed by atoms with van der Waals surface area (Å²) >= 11 is 9.08. The van der Waals surface area contributed by atoms with Crippen molar-refractivity contribution >= 4 is 33.2 Å². The van der Waals surface area contributed by atoms with E-state index in [9.17, 15) is 0 Å². The summed E-state index contributed by atoms with van der Waals surface area (Å²) in [6.07, 6.45) is 0. The van der Waals surface area contributed by atoms with Crippen molar-refractivity contribution in [1.29, 1.82) is 5.26 Å². The van der Waals surface area contributed by atoms with E-state index in [2.05, 4.69) is 21.2 Å². The maximum absolute atomic E-state index is 8.33. The Morgan fingerprint density at radius 2 is 2.33 bits per heavy atom. The molecule has 1 N–H and O–H groups in total. The Hall–Kier alpha value is -0.720. The van der Waals surface area contributed by atoms with Crippen LogP contribution in [-0.4, -0.2) is 6.54 Å². The van der Waals surface area contributed by atoms with Crippen LogP contribution in [0.3, 0.4) is 0 Å². The zero-order chi connectivity index (χ0) is 8.97. The zero-order valence-electron chi connectivity index (χ0n) is 6.14. The van der Waals surface area contributed by atoms with Gasteiger partial charge >= 0.3 is 0 Å². The first-order valence-electron chi connectivity index (χ1n) is 3.30. The fourth-order valence-electron chi connectivity index (χ4n) is 0.768. The molecule has 0 amide bonds. The third kappa shape index (κ3) is 2.40. The Bertz CT molecular complexity index is 319. The number of nitrogens with one attached hydrogen (secondary N) is 1. The maximum Gasteiger partial charge on any atom is 0.103 e. The summed E-state index contributed by atoms with van der Waals surface area (Å²) in [6.45, 7) is 0.277. The van der Waals surface area contributed by atoms with E-state index in [0.717, 1.165) is 10.2 Å². The summed E-state index contributed by atoms with van der Waals surface area (Å²) in [5, 5.41) is 11.9. The van der Waals surface area contributed by atoms with Crippen LogP contribution in [-0.2, 0) is 0 Å². The van der Waals surface area contributed by atoms with Crippen molar-refractivity contribution in [3.05, 3.63) is 27.7 Å². The van der Waals surface area contributed by atoms with Gasteiger partial charge in [-0.1, -0.05) is 11.6 Å². The quantitative estimate of drug-likeness (QED) is 0.813. The summed E-state index contributed by atoms with van der Waals surface area (Å²) in [5.41, 5.74) is 0.837. The van der Waals surface area contributed by atoms with Crippen LogP contribution in [0.15, 0.2) is 22.7 Å². The fourth-order valence-corrected chi connectivity index (χ4v) is 1.33. The van der Waals surface area contributed by atoms with E-state index in [1.807, 2.05) is 12.1 Å². The average Bonchev–Trinajstić information content (AvgIpc) is 2.07. The van der Waals surface area contributed by atoms with Crippen LogP contribution in [0.5, 0.6) is 0 Å². The molecule has 12 heavy (non-hydrogen) atoms. The molecule has 0 aliphatic carbocycles. The van der Waals surface area contributed by atoms with Gasteiger partial charge in [-0.2, -0.15) is 5.26 Å². The first-order valence-corrected chi connectivity index (χ1v) is 4.47. The first-order chi connectivity index (χ1) is 5.74. The molecule has 0 aliphatic heterocycles. The van der Waals surface area contributed by atoms with Gasteiger partial charge in [0.15, 0.2) is 0 Å². The summed E-state index contributed by atoms with van der Waals surface area (Å²) in [4.78, 5) is 0. The fraction of sp³-hybridized carbons (Fsp3) is 0.125. The van der Waals surface area contributed by atoms with E-state index < -0.39 is 0 Å². The summed E-state index contributed by atoms with van der Waals surface area (Å²) in [7, 11) is 0. The molecule has 0 atom stereocenters. The maximum atomic E-state index is 8.33. The molecule has 0 radical (unpaired) electrons. The van der Waals surface area contributed by atoms with Crippen molar-refractivity contribution in [2.24, 2.45) is 0 Å². The zero-order valence-corrected chi connectivity index (χ0v) is 8.48. The second-order valence-corrected chi connectivity index (χ2v) is 3.43. The molecule has 0 heterocycles. The predicted octanol–water partition coefficient (Wildman–Crippen LogP) is 3.04. The van der Waals surface area contributed by atoms with Gasteiger partial charge in [-0.15, -0.1) is 0 Å². The van der Waals surface area contributed by atoms with Gasteiger partial charge in [0, 0.05) is 9.50 Å². The predicted molar refractivity (Wildman–Crippen MR) is 53.3 cm³/mol. The molecule has 0 unspecified atom stereocenters. The largest absolute Gasteiger partial charge is 0.371 e. The van der Waals surface area contributed by atoms with Gasteiger partial charge in [-0.25, -0.2) is 0 Å². The van der Waals surface area contributed by atoms with Crippen molar-refractivity contribution < 1.29 is 0 Å². The topological polar surface area (TPSA) is 35.8 Å². The van der Waals surface area contributed by atoms with Crippen LogP contribution in [0.1, 0.15) is 0 Å². The van der Waals surface area contributed by atoms with Crippen LogP contribution >= 0.6 is 27.5 Å². The third-order valence-corrected chi connectivity index (χ3v) is 2.21. The second kappa shape index (κ2) is 4.34. The minimum atomic E-state index is 0.277. The molecule has 0 saturated carbocycles. The van der Waals surface area contributed by atoms with E-state index in [0.29, 0.717) is 5.02 Å². The molecule has 2 nitrogen and oxygen atoms in total. The van der Waals surface area contributed by atoms with Gasteiger partial charge in [0.1, 0.15) is 6.54 Å². The molecule has 1 rings (SSSR count). The number of hydrogen-bond acceptors (Lipinski definition) is 2. The number of rotatable bonds is 2. The van der Waals surface area contributed by atoms with E-state index in [4.69, 9.17) is 16.9 Å². The van der Waals surface area contributed by atoms with Crippen LogP contribution in [0.25, 0.3) is 0 Å². The minimum Gasteiger partial charge on any atom is -0.371 e. The van der Waals surface area contributed by atoms with Gasteiger partial charge in [0.05, 0.1) is 11.8 Å². The molecule has 1 aromatic carbocycles. The number of nitriles is 1. The molecular formula is C8H6BrClN2. The first kappa shape index (κ1) is 9.37. The van der Waals surface area contributed by atoms with Crippen LogP contribution in [0.4, 0.5) is 5.69 Å². The lowest BCUT2D eigenvalue weighted by molar-refractivity contribution is 1.31. The summed E-state index contributed by atoms with van der Waals surface area (Å²) in [5.74, 6) is 0.